The lowest BCUT2D eigenvalue weighted by molar-refractivity contribution is -0.139. The standard InChI is InChI=1S/C21H22ClN3O2.ClH/c22-15-6-8-16(9-7-15)25-11-10-17(21(25)27)20(26)24-12-18(19(23)13-24)14-4-2-1-3-5-14;/h1-9,17-19H,10-13,23H2;1H/t17?,18-,19+;/m0./s1. The van der Waals surface area contributed by atoms with Crippen molar-refractivity contribution in [3.8, 4) is 0 Å². The second-order valence-electron chi connectivity index (χ2n) is 7.23. The van der Waals surface area contributed by atoms with E-state index in [-0.39, 0.29) is 36.2 Å². The van der Waals surface area contributed by atoms with Crippen LogP contribution >= 0.6 is 24.0 Å². The molecular weight excluding hydrogens is 397 g/mol. The first-order valence-corrected chi connectivity index (χ1v) is 9.58. The molecule has 2 heterocycles. The van der Waals surface area contributed by atoms with Gasteiger partial charge in [-0.1, -0.05) is 41.9 Å². The van der Waals surface area contributed by atoms with E-state index in [4.69, 9.17) is 17.3 Å². The van der Waals surface area contributed by atoms with Gasteiger partial charge in [0.2, 0.25) is 11.8 Å². The number of benzene rings is 2. The van der Waals surface area contributed by atoms with Gasteiger partial charge in [-0.25, -0.2) is 0 Å². The summed E-state index contributed by atoms with van der Waals surface area (Å²) in [7, 11) is 0. The van der Waals surface area contributed by atoms with E-state index < -0.39 is 5.92 Å². The van der Waals surface area contributed by atoms with Crippen LogP contribution in [0, 0.1) is 5.92 Å². The lowest BCUT2D eigenvalue weighted by Crippen LogP contribution is -2.40. The average molecular weight is 420 g/mol. The molecule has 0 radical (unpaired) electrons. The van der Waals surface area contributed by atoms with Crippen LogP contribution in [0.3, 0.4) is 0 Å². The molecule has 0 saturated carbocycles. The predicted molar refractivity (Wildman–Crippen MR) is 113 cm³/mol. The van der Waals surface area contributed by atoms with Gasteiger partial charge in [-0.2, -0.15) is 0 Å². The van der Waals surface area contributed by atoms with Gasteiger partial charge in [0.1, 0.15) is 5.92 Å². The Morgan fingerprint density at radius 1 is 1.04 bits per heavy atom. The third-order valence-electron chi connectivity index (χ3n) is 5.55. The van der Waals surface area contributed by atoms with Crippen molar-refractivity contribution in [1.29, 1.82) is 0 Å². The number of rotatable bonds is 3. The minimum atomic E-state index is -0.623. The maximum absolute atomic E-state index is 13.0. The summed E-state index contributed by atoms with van der Waals surface area (Å²) < 4.78 is 0. The fourth-order valence-corrected chi connectivity index (χ4v) is 4.19. The summed E-state index contributed by atoms with van der Waals surface area (Å²) in [5, 5.41) is 0.621. The largest absolute Gasteiger partial charge is 0.340 e. The molecule has 0 spiro atoms. The quantitative estimate of drug-likeness (QED) is 0.777. The molecule has 0 bridgehead atoms. The van der Waals surface area contributed by atoms with Crippen molar-refractivity contribution in [1.82, 2.24) is 4.90 Å². The van der Waals surface area contributed by atoms with Crippen LogP contribution in [0.15, 0.2) is 54.6 Å². The second kappa shape index (κ2) is 8.52. The van der Waals surface area contributed by atoms with Crippen molar-refractivity contribution in [2.75, 3.05) is 24.5 Å². The summed E-state index contributed by atoms with van der Waals surface area (Å²) in [5.74, 6) is -0.758. The van der Waals surface area contributed by atoms with Crippen LogP contribution in [-0.4, -0.2) is 42.4 Å². The molecule has 0 aromatic heterocycles. The topological polar surface area (TPSA) is 66.6 Å². The molecule has 0 aliphatic carbocycles. The number of hydrogen-bond acceptors (Lipinski definition) is 3. The van der Waals surface area contributed by atoms with Gasteiger partial charge in [0, 0.05) is 42.3 Å². The van der Waals surface area contributed by atoms with Gasteiger partial charge in [0.25, 0.3) is 0 Å². The van der Waals surface area contributed by atoms with E-state index >= 15 is 0 Å². The number of nitrogens with zero attached hydrogens (tertiary/aromatic N) is 2. The summed E-state index contributed by atoms with van der Waals surface area (Å²) >= 11 is 5.92. The third-order valence-corrected chi connectivity index (χ3v) is 5.80. The number of carbonyl (C=O) groups excluding carboxylic acids is 2. The first-order chi connectivity index (χ1) is 13.0. The molecule has 2 aliphatic heterocycles. The van der Waals surface area contributed by atoms with Crippen molar-refractivity contribution in [3.05, 3.63) is 65.2 Å². The zero-order valence-electron chi connectivity index (χ0n) is 15.3. The molecule has 2 aromatic rings. The highest BCUT2D eigenvalue weighted by Gasteiger charge is 2.43. The number of hydrogen-bond donors (Lipinski definition) is 1. The third kappa shape index (κ3) is 3.88. The number of nitrogens with two attached hydrogens (primary N) is 1. The van der Waals surface area contributed by atoms with E-state index in [1.54, 1.807) is 21.9 Å². The fourth-order valence-electron chi connectivity index (χ4n) is 4.07. The first-order valence-electron chi connectivity index (χ1n) is 9.21. The molecule has 2 amide bonds. The molecular formula is C21H23Cl2N3O2. The van der Waals surface area contributed by atoms with Crippen molar-refractivity contribution in [2.24, 2.45) is 11.7 Å². The van der Waals surface area contributed by atoms with E-state index in [9.17, 15) is 9.59 Å². The summed E-state index contributed by atoms with van der Waals surface area (Å²) in [6.07, 6.45) is 0.530. The maximum Gasteiger partial charge on any atom is 0.239 e. The molecule has 7 heteroatoms. The van der Waals surface area contributed by atoms with E-state index in [1.807, 2.05) is 42.5 Å². The Kier molecular flexibility index (Phi) is 6.28. The maximum atomic E-state index is 13.0. The van der Waals surface area contributed by atoms with Crippen LogP contribution in [0.25, 0.3) is 0 Å². The van der Waals surface area contributed by atoms with Gasteiger partial charge in [0.15, 0.2) is 0 Å². The smallest absolute Gasteiger partial charge is 0.239 e. The molecule has 2 saturated heterocycles. The Bertz CT molecular complexity index is 844. The SMILES string of the molecule is Cl.N[C@@H]1CN(C(=O)C2CCN(c3ccc(Cl)cc3)C2=O)C[C@H]1c1ccccc1. The zero-order chi connectivity index (χ0) is 19.0. The molecule has 2 aromatic carbocycles. The summed E-state index contributed by atoms with van der Waals surface area (Å²) in [4.78, 5) is 29.3. The normalized spacial score (nSPS) is 24.4. The summed E-state index contributed by atoms with van der Waals surface area (Å²) in [6, 6.07) is 17.0. The van der Waals surface area contributed by atoms with Crippen LogP contribution in [-0.2, 0) is 9.59 Å². The van der Waals surface area contributed by atoms with Gasteiger partial charge in [-0.15, -0.1) is 12.4 Å². The molecule has 3 atom stereocenters. The Morgan fingerprint density at radius 3 is 2.39 bits per heavy atom. The van der Waals surface area contributed by atoms with E-state index in [0.717, 1.165) is 11.3 Å². The molecule has 2 N–H and O–H groups in total. The molecule has 2 fully saturated rings. The van der Waals surface area contributed by atoms with Gasteiger partial charge in [-0.05, 0) is 36.2 Å². The minimum Gasteiger partial charge on any atom is -0.340 e. The van der Waals surface area contributed by atoms with Gasteiger partial charge >= 0.3 is 0 Å². The number of carbonyl (C=O) groups is 2. The van der Waals surface area contributed by atoms with Crippen molar-refractivity contribution in [2.45, 2.75) is 18.4 Å². The summed E-state index contributed by atoms with van der Waals surface area (Å²) in [5.41, 5.74) is 8.22. The molecule has 2 aliphatic rings. The molecule has 1 unspecified atom stereocenters. The van der Waals surface area contributed by atoms with Crippen molar-refractivity contribution >= 4 is 41.5 Å². The Morgan fingerprint density at radius 2 is 1.71 bits per heavy atom. The second-order valence-corrected chi connectivity index (χ2v) is 7.67. The highest BCUT2D eigenvalue weighted by atomic mass is 35.5. The van der Waals surface area contributed by atoms with Crippen LogP contribution in [0.4, 0.5) is 5.69 Å². The highest BCUT2D eigenvalue weighted by Crippen LogP contribution is 2.31. The van der Waals surface area contributed by atoms with Crippen LogP contribution in [0.5, 0.6) is 0 Å². The molecule has 4 rings (SSSR count). The minimum absolute atomic E-state index is 0. The first kappa shape index (κ1) is 20.6. The van der Waals surface area contributed by atoms with Crippen molar-refractivity contribution < 1.29 is 9.59 Å². The zero-order valence-corrected chi connectivity index (χ0v) is 16.9. The Labute approximate surface area is 175 Å². The lowest BCUT2D eigenvalue weighted by atomic mass is 9.95. The number of anilines is 1. The lowest BCUT2D eigenvalue weighted by Gasteiger charge is -2.21. The number of likely N-dealkylation sites (tertiary alicyclic amines) is 1. The van der Waals surface area contributed by atoms with Gasteiger partial charge < -0.3 is 15.5 Å². The van der Waals surface area contributed by atoms with E-state index in [2.05, 4.69) is 0 Å². The predicted octanol–water partition coefficient (Wildman–Crippen LogP) is 3.07. The van der Waals surface area contributed by atoms with Gasteiger partial charge in [0.05, 0.1) is 0 Å². The molecule has 5 nitrogen and oxygen atoms in total. The highest BCUT2D eigenvalue weighted by molar-refractivity contribution is 6.30. The van der Waals surface area contributed by atoms with E-state index in [1.165, 1.54) is 0 Å². The van der Waals surface area contributed by atoms with Crippen molar-refractivity contribution in [3.63, 3.8) is 0 Å². The number of halogens is 2. The van der Waals surface area contributed by atoms with Crippen LogP contribution in [0.2, 0.25) is 5.02 Å². The van der Waals surface area contributed by atoms with Crippen LogP contribution in [0.1, 0.15) is 17.9 Å². The summed E-state index contributed by atoms with van der Waals surface area (Å²) in [6.45, 7) is 1.59. The Balaban J connectivity index is 0.00000225. The fraction of sp³-hybridized carbons (Fsp3) is 0.333. The van der Waals surface area contributed by atoms with Crippen LogP contribution < -0.4 is 10.6 Å². The van der Waals surface area contributed by atoms with Gasteiger partial charge in [-0.3, -0.25) is 9.59 Å². The molecule has 28 heavy (non-hydrogen) atoms. The monoisotopic (exact) mass is 419 g/mol. The number of amides is 2. The Hall–Kier alpha value is -2.08. The molecule has 148 valence electrons. The van der Waals surface area contributed by atoms with E-state index in [0.29, 0.717) is 31.1 Å². The average Bonchev–Trinajstić information content (AvgIpc) is 3.26.